The average molecular weight is 168 g/mol. The molecular formula is C9H16N2O. The summed E-state index contributed by atoms with van der Waals surface area (Å²) >= 11 is 0. The lowest BCUT2D eigenvalue weighted by molar-refractivity contribution is 0.129. The lowest BCUT2D eigenvalue weighted by Crippen LogP contribution is -2.35. The Morgan fingerprint density at radius 1 is 1.58 bits per heavy atom. The van der Waals surface area contributed by atoms with Crippen LogP contribution in [0.2, 0.25) is 0 Å². The molecule has 0 N–H and O–H groups in total. The molecular weight excluding hydrogens is 152 g/mol. The van der Waals surface area contributed by atoms with Gasteiger partial charge in [-0.1, -0.05) is 0 Å². The SMILES string of the molecule is CC(C)N1CCOCC(C#N)C1. The molecule has 1 aliphatic rings. The van der Waals surface area contributed by atoms with Gasteiger partial charge in [-0.05, 0) is 13.8 Å². The Balaban J connectivity index is 2.49. The Bertz CT molecular complexity index is 174. The normalized spacial score (nSPS) is 26.7. The Labute approximate surface area is 73.9 Å². The second-order valence-corrected chi connectivity index (χ2v) is 3.49. The molecule has 1 unspecified atom stereocenters. The minimum absolute atomic E-state index is 0.0508. The fourth-order valence-corrected chi connectivity index (χ4v) is 1.38. The van der Waals surface area contributed by atoms with Crippen LogP contribution in [0.5, 0.6) is 0 Å². The molecule has 3 heteroatoms. The molecule has 1 aliphatic heterocycles. The van der Waals surface area contributed by atoms with Gasteiger partial charge in [0.2, 0.25) is 0 Å². The summed E-state index contributed by atoms with van der Waals surface area (Å²) in [5.41, 5.74) is 0. The molecule has 0 aromatic heterocycles. The number of hydrogen-bond donors (Lipinski definition) is 0. The highest BCUT2D eigenvalue weighted by Crippen LogP contribution is 2.08. The molecule has 3 nitrogen and oxygen atoms in total. The van der Waals surface area contributed by atoms with Gasteiger partial charge in [0.15, 0.2) is 0 Å². The second-order valence-electron chi connectivity index (χ2n) is 3.49. The van der Waals surface area contributed by atoms with E-state index in [4.69, 9.17) is 10.00 Å². The first-order chi connectivity index (χ1) is 5.74. The summed E-state index contributed by atoms with van der Waals surface area (Å²) in [4.78, 5) is 2.29. The van der Waals surface area contributed by atoms with Crippen molar-refractivity contribution >= 4 is 0 Å². The monoisotopic (exact) mass is 168 g/mol. The zero-order valence-corrected chi connectivity index (χ0v) is 7.79. The van der Waals surface area contributed by atoms with Crippen LogP contribution in [0.25, 0.3) is 0 Å². The molecule has 1 fully saturated rings. The van der Waals surface area contributed by atoms with Crippen LogP contribution in [-0.4, -0.2) is 37.2 Å². The largest absolute Gasteiger partial charge is 0.379 e. The highest BCUT2D eigenvalue weighted by atomic mass is 16.5. The van der Waals surface area contributed by atoms with Gasteiger partial charge in [-0.3, -0.25) is 4.90 Å². The van der Waals surface area contributed by atoms with Crippen LogP contribution in [0.1, 0.15) is 13.8 Å². The van der Waals surface area contributed by atoms with Crippen molar-refractivity contribution in [1.29, 1.82) is 5.26 Å². The van der Waals surface area contributed by atoms with E-state index in [2.05, 4.69) is 24.8 Å². The molecule has 1 saturated heterocycles. The molecule has 0 amide bonds. The Morgan fingerprint density at radius 2 is 2.33 bits per heavy atom. The highest BCUT2D eigenvalue weighted by molar-refractivity contribution is 4.87. The molecule has 0 radical (unpaired) electrons. The van der Waals surface area contributed by atoms with E-state index in [1.54, 1.807) is 0 Å². The van der Waals surface area contributed by atoms with Crippen LogP contribution in [0.3, 0.4) is 0 Å². The maximum Gasteiger partial charge on any atom is 0.0823 e. The standard InChI is InChI=1S/C9H16N2O/c1-8(2)11-3-4-12-7-9(5-10)6-11/h8-9H,3-4,6-7H2,1-2H3. The van der Waals surface area contributed by atoms with Gasteiger partial charge in [0.25, 0.3) is 0 Å². The van der Waals surface area contributed by atoms with E-state index in [0.717, 1.165) is 19.7 Å². The van der Waals surface area contributed by atoms with Crippen LogP contribution in [0, 0.1) is 17.2 Å². The third-order valence-electron chi connectivity index (χ3n) is 2.21. The van der Waals surface area contributed by atoms with Crippen molar-refractivity contribution in [1.82, 2.24) is 4.90 Å². The van der Waals surface area contributed by atoms with Gasteiger partial charge in [-0.25, -0.2) is 0 Å². The van der Waals surface area contributed by atoms with Gasteiger partial charge < -0.3 is 4.74 Å². The van der Waals surface area contributed by atoms with E-state index >= 15 is 0 Å². The van der Waals surface area contributed by atoms with Gasteiger partial charge in [-0.15, -0.1) is 0 Å². The first kappa shape index (κ1) is 9.50. The first-order valence-corrected chi connectivity index (χ1v) is 4.45. The van der Waals surface area contributed by atoms with Gasteiger partial charge in [0.1, 0.15) is 0 Å². The smallest absolute Gasteiger partial charge is 0.0823 e. The summed E-state index contributed by atoms with van der Waals surface area (Å²) in [7, 11) is 0. The Kier molecular flexibility index (Phi) is 3.51. The average Bonchev–Trinajstić information content (AvgIpc) is 2.28. The molecule has 0 aliphatic carbocycles. The van der Waals surface area contributed by atoms with Crippen molar-refractivity contribution in [2.24, 2.45) is 5.92 Å². The zero-order valence-electron chi connectivity index (χ0n) is 7.79. The molecule has 0 aromatic carbocycles. The van der Waals surface area contributed by atoms with Crippen molar-refractivity contribution in [2.45, 2.75) is 19.9 Å². The van der Waals surface area contributed by atoms with Gasteiger partial charge in [-0.2, -0.15) is 5.26 Å². The molecule has 0 spiro atoms. The third-order valence-corrected chi connectivity index (χ3v) is 2.21. The Morgan fingerprint density at radius 3 is 2.92 bits per heavy atom. The van der Waals surface area contributed by atoms with Crippen LogP contribution in [0.4, 0.5) is 0 Å². The molecule has 1 heterocycles. The number of rotatable bonds is 1. The molecule has 1 atom stereocenters. The summed E-state index contributed by atoms with van der Waals surface area (Å²) in [6.45, 7) is 7.47. The topological polar surface area (TPSA) is 36.3 Å². The van der Waals surface area contributed by atoms with E-state index in [1.165, 1.54) is 0 Å². The first-order valence-electron chi connectivity index (χ1n) is 4.45. The zero-order chi connectivity index (χ0) is 8.97. The van der Waals surface area contributed by atoms with Gasteiger partial charge >= 0.3 is 0 Å². The predicted octanol–water partition coefficient (Wildman–Crippen LogP) is 0.867. The van der Waals surface area contributed by atoms with Crippen molar-refractivity contribution in [3.05, 3.63) is 0 Å². The minimum atomic E-state index is 0.0508. The minimum Gasteiger partial charge on any atom is -0.379 e. The predicted molar refractivity (Wildman–Crippen MR) is 46.6 cm³/mol. The molecule has 0 bridgehead atoms. The summed E-state index contributed by atoms with van der Waals surface area (Å²) in [6.07, 6.45) is 0. The van der Waals surface area contributed by atoms with E-state index in [0.29, 0.717) is 12.6 Å². The summed E-state index contributed by atoms with van der Waals surface area (Å²) in [6, 6.07) is 2.78. The summed E-state index contributed by atoms with van der Waals surface area (Å²) < 4.78 is 5.31. The lowest BCUT2D eigenvalue weighted by Gasteiger charge is -2.24. The third kappa shape index (κ3) is 2.47. The Hall–Kier alpha value is -0.590. The lowest BCUT2D eigenvalue weighted by atomic mass is 10.1. The molecule has 12 heavy (non-hydrogen) atoms. The maximum atomic E-state index is 8.76. The number of hydrogen-bond acceptors (Lipinski definition) is 3. The van der Waals surface area contributed by atoms with E-state index in [9.17, 15) is 0 Å². The van der Waals surface area contributed by atoms with E-state index < -0.39 is 0 Å². The summed E-state index contributed by atoms with van der Waals surface area (Å²) in [5.74, 6) is 0.0508. The van der Waals surface area contributed by atoms with Crippen molar-refractivity contribution in [3.63, 3.8) is 0 Å². The molecule has 0 saturated carbocycles. The highest BCUT2D eigenvalue weighted by Gasteiger charge is 2.19. The van der Waals surface area contributed by atoms with Gasteiger partial charge in [0.05, 0.1) is 25.2 Å². The summed E-state index contributed by atoms with van der Waals surface area (Å²) in [5, 5.41) is 8.76. The van der Waals surface area contributed by atoms with E-state index in [1.807, 2.05) is 0 Å². The van der Waals surface area contributed by atoms with Crippen molar-refractivity contribution in [2.75, 3.05) is 26.3 Å². The number of nitriles is 1. The van der Waals surface area contributed by atoms with E-state index in [-0.39, 0.29) is 5.92 Å². The fourth-order valence-electron chi connectivity index (χ4n) is 1.38. The van der Waals surface area contributed by atoms with Crippen molar-refractivity contribution in [3.8, 4) is 6.07 Å². The molecule has 68 valence electrons. The fraction of sp³-hybridized carbons (Fsp3) is 0.889. The van der Waals surface area contributed by atoms with Crippen LogP contribution in [0.15, 0.2) is 0 Å². The van der Waals surface area contributed by atoms with Gasteiger partial charge in [0, 0.05) is 19.1 Å². The number of ether oxygens (including phenoxy) is 1. The quantitative estimate of drug-likeness (QED) is 0.583. The van der Waals surface area contributed by atoms with Crippen LogP contribution in [-0.2, 0) is 4.74 Å². The number of nitrogens with zero attached hydrogens (tertiary/aromatic N) is 2. The second kappa shape index (κ2) is 4.44. The molecule has 1 rings (SSSR count). The maximum absolute atomic E-state index is 8.76. The molecule has 0 aromatic rings. The van der Waals surface area contributed by atoms with Crippen LogP contribution >= 0.6 is 0 Å². The van der Waals surface area contributed by atoms with Crippen LogP contribution < -0.4 is 0 Å². The van der Waals surface area contributed by atoms with Crippen molar-refractivity contribution < 1.29 is 4.74 Å².